The van der Waals surface area contributed by atoms with Crippen molar-refractivity contribution in [1.82, 2.24) is 0 Å². The normalized spacial score (nSPS) is 10.1. The minimum Gasteiger partial charge on any atom is -0.508 e. The van der Waals surface area contributed by atoms with Gasteiger partial charge in [-0.2, -0.15) is 0 Å². The maximum absolute atomic E-state index is 9.18. The predicted molar refractivity (Wildman–Crippen MR) is 73.4 cm³/mol. The number of anilines is 1. The molecule has 0 saturated carbocycles. The molecule has 3 nitrogen and oxygen atoms in total. The van der Waals surface area contributed by atoms with Crippen LogP contribution in [0, 0.1) is 0 Å². The van der Waals surface area contributed by atoms with Gasteiger partial charge in [-0.1, -0.05) is 23.7 Å². The van der Waals surface area contributed by atoms with Gasteiger partial charge in [0.25, 0.3) is 0 Å². The number of methoxy groups -OCH3 is 1. The highest BCUT2D eigenvalue weighted by atomic mass is 35.5. The molecule has 0 spiro atoms. The van der Waals surface area contributed by atoms with Crippen molar-refractivity contribution in [2.45, 2.75) is 6.54 Å². The van der Waals surface area contributed by atoms with Gasteiger partial charge in [-0.25, -0.2) is 0 Å². The average molecular weight is 264 g/mol. The van der Waals surface area contributed by atoms with Crippen LogP contribution in [0.25, 0.3) is 0 Å². The zero-order chi connectivity index (χ0) is 13.0. The predicted octanol–water partition coefficient (Wildman–Crippen LogP) is 3.67. The Bertz CT molecular complexity index is 526. The maximum Gasteiger partial charge on any atom is 0.137 e. The number of aromatic hydroxyl groups is 1. The standard InChI is InChI=1S/C14H14ClNO2/c1-18-14-7-4-11(8-13(14)15)16-9-10-2-5-12(17)6-3-10/h2-8,16-17H,9H2,1H3. The lowest BCUT2D eigenvalue weighted by atomic mass is 10.2. The minimum absolute atomic E-state index is 0.270. The molecule has 2 rings (SSSR count). The molecule has 0 heterocycles. The van der Waals surface area contributed by atoms with E-state index < -0.39 is 0 Å². The smallest absolute Gasteiger partial charge is 0.137 e. The van der Waals surface area contributed by atoms with Gasteiger partial charge in [0.15, 0.2) is 0 Å². The Morgan fingerprint density at radius 1 is 1.17 bits per heavy atom. The van der Waals surface area contributed by atoms with Crippen molar-refractivity contribution in [3.63, 3.8) is 0 Å². The van der Waals surface area contributed by atoms with Crippen molar-refractivity contribution in [1.29, 1.82) is 0 Å². The third-order valence-corrected chi connectivity index (χ3v) is 2.88. The van der Waals surface area contributed by atoms with E-state index in [1.807, 2.05) is 30.3 Å². The summed E-state index contributed by atoms with van der Waals surface area (Å²) in [5, 5.41) is 13.0. The van der Waals surface area contributed by atoms with Crippen LogP contribution in [-0.2, 0) is 6.54 Å². The Morgan fingerprint density at radius 2 is 1.89 bits per heavy atom. The summed E-state index contributed by atoms with van der Waals surface area (Å²) in [5.41, 5.74) is 2.01. The molecule has 0 bridgehead atoms. The van der Waals surface area contributed by atoms with Crippen LogP contribution in [0.5, 0.6) is 11.5 Å². The molecule has 0 unspecified atom stereocenters. The molecule has 2 aromatic rings. The molecule has 0 aliphatic carbocycles. The third kappa shape index (κ3) is 3.08. The van der Waals surface area contributed by atoms with Crippen molar-refractivity contribution in [2.75, 3.05) is 12.4 Å². The molecule has 0 fully saturated rings. The summed E-state index contributed by atoms with van der Waals surface area (Å²) in [6, 6.07) is 12.6. The summed E-state index contributed by atoms with van der Waals surface area (Å²) >= 11 is 6.03. The number of rotatable bonds is 4. The first-order chi connectivity index (χ1) is 8.69. The highest BCUT2D eigenvalue weighted by Crippen LogP contribution is 2.27. The topological polar surface area (TPSA) is 41.5 Å². The monoisotopic (exact) mass is 263 g/mol. The van der Waals surface area contributed by atoms with E-state index in [2.05, 4.69) is 5.32 Å². The average Bonchev–Trinajstić information content (AvgIpc) is 2.38. The number of phenols is 1. The summed E-state index contributed by atoms with van der Waals surface area (Å²) in [6.45, 7) is 0.670. The molecule has 2 N–H and O–H groups in total. The third-order valence-electron chi connectivity index (χ3n) is 2.58. The van der Waals surface area contributed by atoms with Crippen LogP contribution in [0.1, 0.15) is 5.56 Å². The minimum atomic E-state index is 0.270. The van der Waals surface area contributed by atoms with E-state index in [1.165, 1.54) is 0 Å². The van der Waals surface area contributed by atoms with E-state index >= 15 is 0 Å². The summed E-state index contributed by atoms with van der Waals surface area (Å²) < 4.78 is 5.09. The molecule has 18 heavy (non-hydrogen) atoms. The molecule has 0 aliphatic heterocycles. The molecule has 4 heteroatoms. The van der Waals surface area contributed by atoms with E-state index in [0.717, 1.165) is 11.3 Å². The molecule has 0 atom stereocenters. The van der Waals surface area contributed by atoms with E-state index in [0.29, 0.717) is 17.3 Å². The Balaban J connectivity index is 2.02. The fourth-order valence-corrected chi connectivity index (χ4v) is 1.85. The first kappa shape index (κ1) is 12.6. The lowest BCUT2D eigenvalue weighted by Gasteiger charge is -2.09. The highest BCUT2D eigenvalue weighted by Gasteiger charge is 2.01. The molecule has 0 aromatic heterocycles. The van der Waals surface area contributed by atoms with Crippen molar-refractivity contribution < 1.29 is 9.84 Å². The summed E-state index contributed by atoms with van der Waals surface area (Å²) in [5.74, 6) is 0.929. The van der Waals surface area contributed by atoms with Gasteiger partial charge in [0, 0.05) is 12.2 Å². The summed E-state index contributed by atoms with van der Waals surface area (Å²) in [7, 11) is 1.59. The number of benzene rings is 2. The molecule has 0 saturated heterocycles. The quantitative estimate of drug-likeness (QED) is 0.884. The molecule has 2 aromatic carbocycles. The van der Waals surface area contributed by atoms with Gasteiger partial charge in [-0.05, 0) is 35.9 Å². The van der Waals surface area contributed by atoms with E-state index in [4.69, 9.17) is 16.3 Å². The zero-order valence-corrected chi connectivity index (χ0v) is 10.7. The van der Waals surface area contributed by atoms with Crippen molar-refractivity contribution in [3.8, 4) is 11.5 Å². The van der Waals surface area contributed by atoms with Crippen LogP contribution in [0.2, 0.25) is 5.02 Å². The van der Waals surface area contributed by atoms with Gasteiger partial charge >= 0.3 is 0 Å². The summed E-state index contributed by atoms with van der Waals surface area (Å²) in [4.78, 5) is 0. The SMILES string of the molecule is COc1ccc(NCc2ccc(O)cc2)cc1Cl. The Kier molecular flexibility index (Phi) is 3.95. The molecular weight excluding hydrogens is 250 g/mol. The fourth-order valence-electron chi connectivity index (χ4n) is 1.59. The van der Waals surface area contributed by atoms with Gasteiger partial charge in [-0.15, -0.1) is 0 Å². The van der Waals surface area contributed by atoms with Crippen LogP contribution >= 0.6 is 11.6 Å². The molecule has 94 valence electrons. The van der Waals surface area contributed by atoms with Gasteiger partial charge < -0.3 is 15.2 Å². The van der Waals surface area contributed by atoms with Crippen LogP contribution in [0.4, 0.5) is 5.69 Å². The second kappa shape index (κ2) is 5.65. The Morgan fingerprint density at radius 3 is 2.50 bits per heavy atom. The van der Waals surface area contributed by atoms with Crippen molar-refractivity contribution >= 4 is 17.3 Å². The van der Waals surface area contributed by atoms with Gasteiger partial charge in [-0.3, -0.25) is 0 Å². The van der Waals surface area contributed by atoms with Crippen LogP contribution < -0.4 is 10.1 Å². The summed E-state index contributed by atoms with van der Waals surface area (Å²) in [6.07, 6.45) is 0. The lowest BCUT2D eigenvalue weighted by Crippen LogP contribution is -1.99. The van der Waals surface area contributed by atoms with Crippen molar-refractivity contribution in [2.24, 2.45) is 0 Å². The van der Waals surface area contributed by atoms with E-state index in [1.54, 1.807) is 19.2 Å². The molecule has 0 radical (unpaired) electrons. The Hall–Kier alpha value is -1.87. The number of nitrogens with one attached hydrogen (secondary N) is 1. The number of halogens is 1. The first-order valence-corrected chi connectivity index (χ1v) is 5.92. The van der Waals surface area contributed by atoms with Gasteiger partial charge in [0.05, 0.1) is 12.1 Å². The highest BCUT2D eigenvalue weighted by molar-refractivity contribution is 6.32. The fraction of sp³-hybridized carbons (Fsp3) is 0.143. The van der Waals surface area contributed by atoms with Crippen LogP contribution in [0.3, 0.4) is 0 Å². The first-order valence-electron chi connectivity index (χ1n) is 5.54. The van der Waals surface area contributed by atoms with E-state index in [9.17, 15) is 5.11 Å². The maximum atomic E-state index is 9.18. The molecular formula is C14H14ClNO2. The second-order valence-electron chi connectivity index (χ2n) is 3.87. The number of phenolic OH excluding ortho intramolecular Hbond substituents is 1. The van der Waals surface area contributed by atoms with Crippen molar-refractivity contribution in [3.05, 3.63) is 53.1 Å². The molecule has 0 amide bonds. The number of ether oxygens (including phenoxy) is 1. The largest absolute Gasteiger partial charge is 0.508 e. The second-order valence-corrected chi connectivity index (χ2v) is 4.28. The van der Waals surface area contributed by atoms with Crippen LogP contribution in [-0.4, -0.2) is 12.2 Å². The zero-order valence-electron chi connectivity index (χ0n) is 9.98. The Labute approximate surface area is 111 Å². The van der Waals surface area contributed by atoms with Gasteiger partial charge in [0.2, 0.25) is 0 Å². The lowest BCUT2D eigenvalue weighted by molar-refractivity contribution is 0.415. The van der Waals surface area contributed by atoms with E-state index in [-0.39, 0.29) is 5.75 Å². The van der Waals surface area contributed by atoms with Gasteiger partial charge in [0.1, 0.15) is 11.5 Å². The number of hydrogen-bond donors (Lipinski definition) is 2. The van der Waals surface area contributed by atoms with Crippen LogP contribution in [0.15, 0.2) is 42.5 Å². The molecule has 0 aliphatic rings. The number of hydrogen-bond acceptors (Lipinski definition) is 3.